The Bertz CT molecular complexity index is 535. The molecule has 2 aromatic rings. The van der Waals surface area contributed by atoms with Crippen LogP contribution in [-0.4, -0.2) is 17.6 Å². The second kappa shape index (κ2) is 7.31. The first-order valence-corrected chi connectivity index (χ1v) is 8.69. The van der Waals surface area contributed by atoms with Gasteiger partial charge in [-0.25, -0.2) is 4.98 Å². The molecule has 20 heavy (non-hydrogen) atoms. The van der Waals surface area contributed by atoms with Crippen LogP contribution in [0.15, 0.2) is 17.0 Å². The minimum absolute atomic E-state index is 0.00762. The maximum Gasteiger partial charge on any atom is 0.107 e. The molecule has 0 aromatic carbocycles. The molecular formula is C15H22N2OS2. The molecule has 5 heteroatoms. The van der Waals surface area contributed by atoms with E-state index in [-0.39, 0.29) is 12.1 Å². The molecule has 0 spiro atoms. The predicted molar refractivity (Wildman–Crippen MR) is 86.6 cm³/mol. The molecule has 2 N–H and O–H groups in total. The van der Waals surface area contributed by atoms with Crippen LogP contribution < -0.4 is 5.73 Å². The zero-order valence-corrected chi connectivity index (χ0v) is 13.9. The molecule has 0 aliphatic rings. The smallest absolute Gasteiger partial charge is 0.107 e. The lowest BCUT2D eigenvalue weighted by Gasteiger charge is -2.23. The zero-order chi connectivity index (χ0) is 14.5. The molecule has 0 aliphatic heterocycles. The highest BCUT2D eigenvalue weighted by Crippen LogP contribution is 2.30. The van der Waals surface area contributed by atoms with Gasteiger partial charge in [0.05, 0.1) is 17.8 Å². The van der Waals surface area contributed by atoms with E-state index in [2.05, 4.69) is 30.3 Å². The fourth-order valence-corrected chi connectivity index (χ4v) is 3.94. The fraction of sp³-hybridized carbons (Fsp3) is 0.533. The molecule has 0 amide bonds. The highest BCUT2D eigenvalue weighted by molar-refractivity contribution is 7.10. The van der Waals surface area contributed by atoms with Gasteiger partial charge in [0, 0.05) is 22.2 Å². The lowest BCUT2D eigenvalue weighted by molar-refractivity contribution is 0.0377. The normalized spacial score (nSPS) is 14.4. The summed E-state index contributed by atoms with van der Waals surface area (Å²) in [4.78, 5) is 6.84. The Kier molecular flexibility index (Phi) is 5.72. The Morgan fingerprint density at radius 2 is 2.15 bits per heavy atom. The van der Waals surface area contributed by atoms with Gasteiger partial charge in [0.2, 0.25) is 0 Å². The average Bonchev–Trinajstić information content (AvgIpc) is 3.03. The Morgan fingerprint density at radius 3 is 2.70 bits per heavy atom. The van der Waals surface area contributed by atoms with Crippen LogP contribution in [0.4, 0.5) is 0 Å². The Morgan fingerprint density at radius 1 is 1.35 bits per heavy atom. The molecule has 2 unspecified atom stereocenters. The number of aryl methyl sites for hydroxylation is 2. The summed E-state index contributed by atoms with van der Waals surface area (Å²) in [5.41, 5.74) is 10.5. The van der Waals surface area contributed by atoms with Crippen molar-refractivity contribution in [2.24, 2.45) is 5.73 Å². The van der Waals surface area contributed by atoms with Crippen molar-refractivity contribution in [3.8, 4) is 0 Å². The molecular weight excluding hydrogens is 288 g/mol. The first kappa shape index (κ1) is 15.6. The van der Waals surface area contributed by atoms with E-state index in [1.165, 1.54) is 15.3 Å². The van der Waals surface area contributed by atoms with Crippen LogP contribution in [0.1, 0.15) is 40.5 Å². The van der Waals surface area contributed by atoms with Crippen molar-refractivity contribution in [1.82, 2.24) is 4.98 Å². The summed E-state index contributed by atoms with van der Waals surface area (Å²) in [5.74, 6) is 0. The number of hydrogen-bond donors (Lipinski definition) is 1. The minimum atomic E-state index is 0.00762. The van der Waals surface area contributed by atoms with E-state index in [1.54, 1.807) is 22.7 Å². The minimum Gasteiger partial charge on any atom is -0.371 e. The molecule has 0 aliphatic carbocycles. The number of rotatable bonds is 7. The monoisotopic (exact) mass is 310 g/mol. The number of nitrogens with zero attached hydrogens (tertiary/aromatic N) is 1. The lowest BCUT2D eigenvalue weighted by atomic mass is 10.1. The Balaban J connectivity index is 1.99. The maximum absolute atomic E-state index is 6.24. The van der Waals surface area contributed by atoms with E-state index in [9.17, 15) is 0 Å². The summed E-state index contributed by atoms with van der Waals surface area (Å²) in [5, 5.41) is 2.11. The summed E-state index contributed by atoms with van der Waals surface area (Å²) >= 11 is 3.43. The van der Waals surface area contributed by atoms with Gasteiger partial charge in [-0.3, -0.25) is 0 Å². The van der Waals surface area contributed by atoms with Crippen molar-refractivity contribution in [2.45, 2.75) is 45.8 Å². The third-order valence-corrected chi connectivity index (χ3v) is 5.57. The largest absolute Gasteiger partial charge is 0.371 e. The number of thiophene rings is 1. The Labute approximate surface area is 128 Å². The van der Waals surface area contributed by atoms with Gasteiger partial charge in [-0.15, -0.1) is 22.7 Å². The van der Waals surface area contributed by atoms with Crippen molar-refractivity contribution in [3.63, 3.8) is 0 Å². The first-order chi connectivity index (χ1) is 9.63. The number of aromatic nitrogens is 1. The number of hydrogen-bond acceptors (Lipinski definition) is 5. The van der Waals surface area contributed by atoms with Crippen LogP contribution in [0, 0.1) is 13.8 Å². The van der Waals surface area contributed by atoms with Crippen LogP contribution >= 0.6 is 22.7 Å². The number of thiazole rings is 1. The van der Waals surface area contributed by atoms with Crippen LogP contribution in [0.25, 0.3) is 0 Å². The SMILES string of the molecule is CCC(N)C(OCCc1scnc1C)c1sccc1C. The highest BCUT2D eigenvalue weighted by atomic mass is 32.1. The highest BCUT2D eigenvalue weighted by Gasteiger charge is 2.22. The molecule has 0 saturated heterocycles. The zero-order valence-electron chi connectivity index (χ0n) is 12.3. The molecule has 0 saturated carbocycles. The van der Waals surface area contributed by atoms with Crippen molar-refractivity contribution >= 4 is 22.7 Å². The van der Waals surface area contributed by atoms with Gasteiger partial charge in [0.1, 0.15) is 6.10 Å². The molecule has 2 rings (SSSR count). The van der Waals surface area contributed by atoms with Crippen molar-refractivity contribution in [3.05, 3.63) is 38.0 Å². The van der Waals surface area contributed by atoms with E-state index in [4.69, 9.17) is 10.5 Å². The third kappa shape index (κ3) is 3.67. The van der Waals surface area contributed by atoms with Crippen molar-refractivity contribution < 1.29 is 4.74 Å². The van der Waals surface area contributed by atoms with Gasteiger partial charge >= 0.3 is 0 Å². The Hall–Kier alpha value is -0.750. The molecule has 2 aromatic heterocycles. The number of ether oxygens (including phenoxy) is 1. The van der Waals surface area contributed by atoms with Gasteiger partial charge in [-0.2, -0.15) is 0 Å². The van der Waals surface area contributed by atoms with Crippen molar-refractivity contribution in [1.29, 1.82) is 0 Å². The molecule has 2 atom stereocenters. The topological polar surface area (TPSA) is 48.1 Å². The van der Waals surface area contributed by atoms with Gasteiger partial charge in [-0.05, 0) is 37.3 Å². The fourth-order valence-electron chi connectivity index (χ4n) is 2.13. The van der Waals surface area contributed by atoms with E-state index in [0.29, 0.717) is 6.61 Å². The van der Waals surface area contributed by atoms with Crippen LogP contribution in [-0.2, 0) is 11.2 Å². The number of nitrogens with two attached hydrogens (primary N) is 1. The third-order valence-electron chi connectivity index (χ3n) is 3.49. The quantitative estimate of drug-likeness (QED) is 0.845. The predicted octanol–water partition coefficient (Wildman–Crippen LogP) is 3.86. The lowest BCUT2D eigenvalue weighted by Crippen LogP contribution is -2.30. The summed E-state index contributed by atoms with van der Waals surface area (Å²) in [6, 6.07) is 2.18. The van der Waals surface area contributed by atoms with E-state index >= 15 is 0 Å². The van der Waals surface area contributed by atoms with E-state index in [0.717, 1.165) is 18.5 Å². The maximum atomic E-state index is 6.24. The van der Waals surface area contributed by atoms with Crippen LogP contribution in [0.5, 0.6) is 0 Å². The summed E-state index contributed by atoms with van der Waals surface area (Å²) < 4.78 is 6.11. The standard InChI is InChI=1S/C15H22N2OS2/c1-4-12(16)14(15-10(2)6-8-19-15)18-7-5-13-11(3)17-9-20-13/h6,8-9,12,14H,4-5,7,16H2,1-3H3. The van der Waals surface area contributed by atoms with Crippen LogP contribution in [0.2, 0.25) is 0 Å². The second-order valence-corrected chi connectivity index (χ2v) is 6.83. The summed E-state index contributed by atoms with van der Waals surface area (Å²) in [6.45, 7) is 6.97. The molecule has 2 heterocycles. The molecule has 0 fully saturated rings. The van der Waals surface area contributed by atoms with E-state index in [1.807, 2.05) is 12.4 Å². The van der Waals surface area contributed by atoms with Crippen LogP contribution in [0.3, 0.4) is 0 Å². The summed E-state index contributed by atoms with van der Waals surface area (Å²) in [6.07, 6.45) is 1.84. The first-order valence-electron chi connectivity index (χ1n) is 6.93. The molecule has 0 bridgehead atoms. The molecule has 110 valence electrons. The molecule has 0 radical (unpaired) electrons. The second-order valence-electron chi connectivity index (χ2n) is 4.94. The summed E-state index contributed by atoms with van der Waals surface area (Å²) in [7, 11) is 0. The average molecular weight is 310 g/mol. The van der Waals surface area contributed by atoms with Gasteiger partial charge in [0.15, 0.2) is 0 Å². The van der Waals surface area contributed by atoms with Crippen molar-refractivity contribution in [2.75, 3.05) is 6.61 Å². The van der Waals surface area contributed by atoms with E-state index < -0.39 is 0 Å². The van der Waals surface area contributed by atoms with Gasteiger partial charge in [-0.1, -0.05) is 6.92 Å². The molecule has 3 nitrogen and oxygen atoms in total. The van der Waals surface area contributed by atoms with Gasteiger partial charge in [0.25, 0.3) is 0 Å². The van der Waals surface area contributed by atoms with Gasteiger partial charge < -0.3 is 10.5 Å².